The summed E-state index contributed by atoms with van der Waals surface area (Å²) >= 11 is 1.40. The zero-order valence-corrected chi connectivity index (χ0v) is 16.9. The number of benzene rings is 1. The molecule has 0 atom stereocenters. The first kappa shape index (κ1) is 19.6. The zero-order chi connectivity index (χ0) is 19.8. The largest absolute Gasteiger partial charge is 0.365 e. The van der Waals surface area contributed by atoms with Gasteiger partial charge in [0.15, 0.2) is 9.84 Å². The summed E-state index contributed by atoms with van der Waals surface area (Å²) in [6, 6.07) is 5.81. The second kappa shape index (κ2) is 7.44. The summed E-state index contributed by atoms with van der Waals surface area (Å²) in [4.78, 5) is 25.8. The number of hydrogen-bond acceptors (Lipinski definition) is 5. The molecule has 0 saturated heterocycles. The Morgan fingerprint density at radius 2 is 1.74 bits per heavy atom. The fraction of sp³-hybridized carbons (Fsp3) is 0.368. The normalized spacial score (nSPS) is 14.0. The van der Waals surface area contributed by atoms with Gasteiger partial charge in [-0.15, -0.1) is 11.3 Å². The highest BCUT2D eigenvalue weighted by molar-refractivity contribution is 7.92. The summed E-state index contributed by atoms with van der Waals surface area (Å²) in [6.07, 6.45) is 3.74. The van der Waals surface area contributed by atoms with E-state index in [-0.39, 0.29) is 4.90 Å². The van der Waals surface area contributed by atoms with Gasteiger partial charge in [0.1, 0.15) is 5.00 Å². The van der Waals surface area contributed by atoms with Gasteiger partial charge in [-0.05, 0) is 69.4 Å². The maximum absolute atomic E-state index is 12.6. The van der Waals surface area contributed by atoms with E-state index in [0.29, 0.717) is 16.1 Å². The van der Waals surface area contributed by atoms with Crippen molar-refractivity contribution in [3.8, 4) is 0 Å². The Morgan fingerprint density at radius 3 is 2.33 bits per heavy atom. The lowest BCUT2D eigenvalue weighted by molar-refractivity contribution is 0.100. The van der Waals surface area contributed by atoms with Crippen LogP contribution in [-0.2, 0) is 22.7 Å². The summed E-state index contributed by atoms with van der Waals surface area (Å²) < 4.78 is 24.4. The number of fused-ring (bicyclic) bond motifs is 1. The van der Waals surface area contributed by atoms with E-state index in [9.17, 15) is 18.0 Å². The highest BCUT2D eigenvalue weighted by atomic mass is 32.2. The van der Waals surface area contributed by atoms with E-state index >= 15 is 0 Å². The predicted molar refractivity (Wildman–Crippen MR) is 106 cm³/mol. The van der Waals surface area contributed by atoms with Gasteiger partial charge in [-0.25, -0.2) is 8.42 Å². The van der Waals surface area contributed by atoms with Crippen molar-refractivity contribution in [1.29, 1.82) is 0 Å². The van der Waals surface area contributed by atoms with Crippen LogP contribution in [0.2, 0.25) is 0 Å². The minimum atomic E-state index is -3.39. The van der Waals surface area contributed by atoms with E-state index in [2.05, 4.69) is 5.32 Å². The van der Waals surface area contributed by atoms with Gasteiger partial charge in [0, 0.05) is 10.4 Å². The number of primary amides is 1. The Morgan fingerprint density at radius 1 is 1.11 bits per heavy atom. The molecule has 2 amide bonds. The number of sulfone groups is 1. The highest BCUT2D eigenvalue weighted by Crippen LogP contribution is 2.38. The van der Waals surface area contributed by atoms with Crippen LogP contribution in [0.15, 0.2) is 29.2 Å². The Bertz CT molecular complexity index is 989. The molecule has 1 aliphatic carbocycles. The third kappa shape index (κ3) is 3.77. The fourth-order valence-corrected chi connectivity index (χ4v) is 5.51. The molecule has 1 heterocycles. The molecule has 0 saturated carbocycles. The molecule has 1 aliphatic rings. The molecular weight excluding hydrogens is 384 g/mol. The summed E-state index contributed by atoms with van der Waals surface area (Å²) in [5.41, 5.74) is 7.22. The zero-order valence-electron chi connectivity index (χ0n) is 15.2. The SMILES string of the molecule is CC(C)S(=O)(=O)c1ccc(C(=O)Nc2sc3c(c2C(N)=O)CCCC3)cc1. The van der Waals surface area contributed by atoms with Gasteiger partial charge in [0.25, 0.3) is 11.8 Å². The quantitative estimate of drug-likeness (QED) is 0.795. The third-order valence-corrected chi connectivity index (χ3v) is 8.09. The number of rotatable bonds is 5. The van der Waals surface area contributed by atoms with Crippen LogP contribution in [0.25, 0.3) is 0 Å². The number of carbonyl (C=O) groups excluding carboxylic acids is 2. The maximum atomic E-state index is 12.6. The minimum absolute atomic E-state index is 0.179. The maximum Gasteiger partial charge on any atom is 0.256 e. The second-order valence-electron chi connectivity index (χ2n) is 6.85. The van der Waals surface area contributed by atoms with Crippen molar-refractivity contribution >= 4 is 38.0 Å². The van der Waals surface area contributed by atoms with Crippen LogP contribution < -0.4 is 11.1 Å². The first-order valence-corrected chi connectivity index (χ1v) is 11.2. The second-order valence-corrected chi connectivity index (χ2v) is 10.5. The number of anilines is 1. The molecule has 1 aromatic heterocycles. The lowest BCUT2D eigenvalue weighted by Gasteiger charge is -2.11. The number of nitrogens with two attached hydrogens (primary N) is 1. The number of thiophene rings is 1. The Kier molecular flexibility index (Phi) is 5.39. The van der Waals surface area contributed by atoms with Crippen molar-refractivity contribution in [2.24, 2.45) is 5.73 Å². The highest BCUT2D eigenvalue weighted by Gasteiger charge is 2.25. The summed E-state index contributed by atoms with van der Waals surface area (Å²) in [7, 11) is -3.39. The van der Waals surface area contributed by atoms with E-state index in [1.807, 2.05) is 0 Å². The lowest BCUT2D eigenvalue weighted by atomic mass is 9.95. The molecule has 1 aromatic carbocycles. The van der Waals surface area contributed by atoms with Crippen LogP contribution >= 0.6 is 11.3 Å². The molecule has 0 bridgehead atoms. The summed E-state index contributed by atoms with van der Waals surface area (Å²) in [5, 5.41) is 2.71. The molecule has 0 spiro atoms. The van der Waals surface area contributed by atoms with Crippen LogP contribution in [-0.4, -0.2) is 25.5 Å². The Balaban J connectivity index is 1.86. The Hall–Kier alpha value is -2.19. The van der Waals surface area contributed by atoms with E-state index < -0.39 is 26.9 Å². The van der Waals surface area contributed by atoms with Crippen molar-refractivity contribution in [3.05, 3.63) is 45.8 Å². The molecule has 3 N–H and O–H groups in total. The number of carbonyl (C=O) groups is 2. The Labute approximate surface area is 162 Å². The molecule has 6 nitrogen and oxygen atoms in total. The van der Waals surface area contributed by atoms with Crippen LogP contribution in [0.3, 0.4) is 0 Å². The monoisotopic (exact) mass is 406 g/mol. The average Bonchev–Trinajstić information content (AvgIpc) is 2.99. The first-order chi connectivity index (χ1) is 12.7. The molecule has 0 radical (unpaired) electrons. The molecule has 0 fully saturated rings. The number of amides is 2. The minimum Gasteiger partial charge on any atom is -0.365 e. The average molecular weight is 407 g/mol. The van der Waals surface area contributed by atoms with Gasteiger partial charge in [-0.2, -0.15) is 0 Å². The predicted octanol–water partition coefficient (Wildman–Crippen LogP) is 3.16. The smallest absolute Gasteiger partial charge is 0.256 e. The van der Waals surface area contributed by atoms with Crippen LogP contribution in [0.5, 0.6) is 0 Å². The third-order valence-electron chi connectivity index (χ3n) is 4.71. The van der Waals surface area contributed by atoms with Gasteiger partial charge in [-0.3, -0.25) is 9.59 Å². The van der Waals surface area contributed by atoms with Gasteiger partial charge in [-0.1, -0.05) is 0 Å². The number of nitrogens with one attached hydrogen (secondary N) is 1. The number of aryl methyl sites for hydroxylation is 1. The lowest BCUT2D eigenvalue weighted by Crippen LogP contribution is -2.19. The molecule has 2 aromatic rings. The summed E-state index contributed by atoms with van der Waals surface area (Å²) in [6.45, 7) is 3.22. The van der Waals surface area contributed by atoms with Crippen molar-refractivity contribution < 1.29 is 18.0 Å². The molecule has 0 unspecified atom stereocenters. The molecule has 144 valence electrons. The van der Waals surface area contributed by atoms with Crippen molar-refractivity contribution in [1.82, 2.24) is 0 Å². The first-order valence-electron chi connectivity index (χ1n) is 8.81. The van der Waals surface area contributed by atoms with Gasteiger partial charge < -0.3 is 11.1 Å². The fourth-order valence-electron chi connectivity index (χ4n) is 3.16. The molecular formula is C19H22N2O4S2. The van der Waals surface area contributed by atoms with Crippen LogP contribution in [0.1, 0.15) is 57.8 Å². The van der Waals surface area contributed by atoms with E-state index in [0.717, 1.165) is 36.1 Å². The molecule has 0 aliphatic heterocycles. The summed E-state index contributed by atoms with van der Waals surface area (Å²) in [5.74, 6) is -0.937. The molecule has 8 heteroatoms. The standard InChI is InChI=1S/C19H22N2O4S2/c1-11(2)27(24,25)13-9-7-12(8-10-13)18(23)21-19-16(17(20)22)14-5-3-4-6-15(14)26-19/h7-11H,3-6H2,1-2H3,(H2,20,22)(H,21,23). The van der Waals surface area contributed by atoms with Crippen molar-refractivity contribution in [2.45, 2.75) is 49.7 Å². The van der Waals surface area contributed by atoms with Crippen molar-refractivity contribution in [3.63, 3.8) is 0 Å². The van der Waals surface area contributed by atoms with E-state index in [1.54, 1.807) is 13.8 Å². The van der Waals surface area contributed by atoms with Crippen LogP contribution in [0.4, 0.5) is 5.00 Å². The van der Waals surface area contributed by atoms with E-state index in [4.69, 9.17) is 5.73 Å². The van der Waals surface area contributed by atoms with Gasteiger partial charge in [0.2, 0.25) is 0 Å². The molecule has 3 rings (SSSR count). The van der Waals surface area contributed by atoms with Crippen molar-refractivity contribution in [2.75, 3.05) is 5.32 Å². The van der Waals surface area contributed by atoms with Gasteiger partial charge >= 0.3 is 0 Å². The number of hydrogen-bond donors (Lipinski definition) is 2. The van der Waals surface area contributed by atoms with Gasteiger partial charge in [0.05, 0.1) is 15.7 Å². The molecule has 27 heavy (non-hydrogen) atoms. The topological polar surface area (TPSA) is 106 Å². The van der Waals surface area contributed by atoms with E-state index in [1.165, 1.54) is 35.6 Å². The van der Waals surface area contributed by atoms with Crippen LogP contribution in [0, 0.1) is 0 Å².